The fourth-order valence-corrected chi connectivity index (χ4v) is 3.43. The molecule has 1 N–H and O–H groups in total. The predicted octanol–water partition coefficient (Wildman–Crippen LogP) is 4.56. The van der Waals surface area contributed by atoms with Crippen molar-refractivity contribution in [2.75, 3.05) is 0 Å². The second-order valence-corrected chi connectivity index (χ2v) is 7.97. The minimum Gasteiger partial charge on any atom is -0.485 e. The molecule has 0 aromatic heterocycles. The van der Waals surface area contributed by atoms with E-state index in [0.29, 0.717) is 29.0 Å². The van der Waals surface area contributed by atoms with E-state index in [1.165, 1.54) is 12.1 Å². The Morgan fingerprint density at radius 2 is 1.84 bits per heavy atom. The van der Waals surface area contributed by atoms with Crippen LogP contribution in [0.1, 0.15) is 29.8 Å². The van der Waals surface area contributed by atoms with E-state index in [1.807, 2.05) is 13.8 Å². The van der Waals surface area contributed by atoms with Gasteiger partial charge >= 0.3 is 5.97 Å². The molecule has 3 aromatic carbocycles. The SMILES string of the molecule is CC1(C)Oc2cc(OC(=O)c3ccc(-c4cccc([N+](=O)[O-])c4)cc3)ccc2CC1O. The average molecular weight is 419 g/mol. The van der Waals surface area contributed by atoms with Crippen LogP contribution in [-0.2, 0) is 6.42 Å². The Balaban J connectivity index is 1.50. The summed E-state index contributed by atoms with van der Waals surface area (Å²) in [6.07, 6.45) is -0.145. The van der Waals surface area contributed by atoms with Crippen LogP contribution in [0.5, 0.6) is 11.5 Å². The van der Waals surface area contributed by atoms with Crippen LogP contribution in [-0.4, -0.2) is 27.7 Å². The van der Waals surface area contributed by atoms with E-state index in [0.717, 1.165) is 11.1 Å². The topological polar surface area (TPSA) is 98.9 Å². The number of carbonyl (C=O) groups excluding carboxylic acids is 1. The molecular weight excluding hydrogens is 398 g/mol. The molecule has 0 saturated heterocycles. The van der Waals surface area contributed by atoms with Gasteiger partial charge in [0.25, 0.3) is 5.69 Å². The van der Waals surface area contributed by atoms with E-state index in [1.54, 1.807) is 54.6 Å². The molecule has 1 aliphatic heterocycles. The van der Waals surface area contributed by atoms with Gasteiger partial charge in [-0.2, -0.15) is 0 Å². The van der Waals surface area contributed by atoms with Gasteiger partial charge in [0, 0.05) is 24.6 Å². The Morgan fingerprint density at radius 3 is 2.55 bits per heavy atom. The maximum atomic E-state index is 12.6. The zero-order valence-corrected chi connectivity index (χ0v) is 17.1. The number of hydrogen-bond donors (Lipinski definition) is 1. The largest absolute Gasteiger partial charge is 0.485 e. The number of nitro groups is 1. The molecule has 0 amide bonds. The van der Waals surface area contributed by atoms with E-state index < -0.39 is 22.6 Å². The summed E-state index contributed by atoms with van der Waals surface area (Å²) in [5.74, 6) is 0.404. The fourth-order valence-electron chi connectivity index (χ4n) is 3.43. The first-order chi connectivity index (χ1) is 14.7. The van der Waals surface area contributed by atoms with Crippen LogP contribution in [0.15, 0.2) is 66.7 Å². The number of aliphatic hydroxyl groups excluding tert-OH is 1. The van der Waals surface area contributed by atoms with Gasteiger partial charge < -0.3 is 14.6 Å². The van der Waals surface area contributed by atoms with Crippen LogP contribution < -0.4 is 9.47 Å². The summed E-state index contributed by atoms with van der Waals surface area (Å²) in [7, 11) is 0. The Labute approximate surface area is 179 Å². The third-order valence-corrected chi connectivity index (χ3v) is 5.35. The molecule has 1 aliphatic rings. The zero-order chi connectivity index (χ0) is 22.2. The third-order valence-electron chi connectivity index (χ3n) is 5.35. The molecule has 3 aromatic rings. The van der Waals surface area contributed by atoms with Gasteiger partial charge in [0.1, 0.15) is 17.1 Å². The van der Waals surface area contributed by atoms with Gasteiger partial charge in [-0.3, -0.25) is 10.1 Å². The van der Waals surface area contributed by atoms with Gasteiger partial charge in [-0.05, 0) is 48.7 Å². The van der Waals surface area contributed by atoms with Crippen molar-refractivity contribution in [3.05, 3.63) is 88.0 Å². The highest BCUT2D eigenvalue weighted by Gasteiger charge is 2.35. The number of non-ortho nitro benzene ring substituents is 1. The molecule has 1 heterocycles. The highest BCUT2D eigenvalue weighted by atomic mass is 16.6. The molecule has 0 saturated carbocycles. The fraction of sp³-hybridized carbons (Fsp3) is 0.208. The Morgan fingerprint density at radius 1 is 1.10 bits per heavy atom. The predicted molar refractivity (Wildman–Crippen MR) is 114 cm³/mol. The molecule has 0 spiro atoms. The van der Waals surface area contributed by atoms with E-state index in [9.17, 15) is 20.0 Å². The summed E-state index contributed by atoms with van der Waals surface area (Å²) < 4.78 is 11.3. The first kappa shape index (κ1) is 20.6. The van der Waals surface area contributed by atoms with Crippen molar-refractivity contribution in [3.8, 4) is 22.6 Å². The second kappa shape index (κ2) is 7.85. The lowest BCUT2D eigenvalue weighted by atomic mass is 9.91. The van der Waals surface area contributed by atoms with Crippen molar-refractivity contribution in [1.82, 2.24) is 0 Å². The molecule has 7 heteroatoms. The molecule has 0 fully saturated rings. The second-order valence-electron chi connectivity index (χ2n) is 7.97. The average Bonchev–Trinajstić information content (AvgIpc) is 2.74. The maximum Gasteiger partial charge on any atom is 0.343 e. The number of ether oxygens (including phenoxy) is 2. The monoisotopic (exact) mass is 419 g/mol. The Bertz CT molecular complexity index is 1150. The maximum absolute atomic E-state index is 12.6. The van der Waals surface area contributed by atoms with Gasteiger partial charge in [0.05, 0.1) is 16.6 Å². The number of esters is 1. The summed E-state index contributed by atoms with van der Waals surface area (Å²) in [6, 6.07) is 18.1. The minimum atomic E-state index is -0.724. The van der Waals surface area contributed by atoms with Gasteiger partial charge in [0.2, 0.25) is 0 Å². The van der Waals surface area contributed by atoms with Crippen LogP contribution in [0.3, 0.4) is 0 Å². The molecule has 0 radical (unpaired) electrons. The number of nitrogens with zero attached hydrogens (tertiary/aromatic N) is 1. The first-order valence-electron chi connectivity index (χ1n) is 9.80. The van der Waals surface area contributed by atoms with Crippen molar-refractivity contribution in [2.45, 2.75) is 32.0 Å². The molecular formula is C24H21NO6. The molecule has 31 heavy (non-hydrogen) atoms. The highest BCUT2D eigenvalue weighted by Crippen LogP contribution is 2.36. The first-order valence-corrected chi connectivity index (χ1v) is 9.80. The lowest BCUT2D eigenvalue weighted by molar-refractivity contribution is -0.384. The number of benzene rings is 3. The Hall–Kier alpha value is -3.71. The quantitative estimate of drug-likeness (QED) is 0.288. The number of nitro benzene ring substituents is 1. The van der Waals surface area contributed by atoms with Gasteiger partial charge in [-0.15, -0.1) is 0 Å². The van der Waals surface area contributed by atoms with E-state index in [-0.39, 0.29) is 5.69 Å². The lowest BCUT2D eigenvalue weighted by Gasteiger charge is -2.37. The van der Waals surface area contributed by atoms with Crippen molar-refractivity contribution < 1.29 is 24.3 Å². The number of aliphatic hydroxyl groups is 1. The van der Waals surface area contributed by atoms with Crippen molar-refractivity contribution in [2.24, 2.45) is 0 Å². The number of carbonyl (C=O) groups is 1. The molecule has 4 rings (SSSR count). The van der Waals surface area contributed by atoms with Gasteiger partial charge in [-0.25, -0.2) is 4.79 Å². The number of hydrogen-bond acceptors (Lipinski definition) is 6. The normalized spacial score (nSPS) is 16.7. The highest BCUT2D eigenvalue weighted by molar-refractivity contribution is 5.91. The van der Waals surface area contributed by atoms with Crippen LogP contribution >= 0.6 is 0 Å². The van der Waals surface area contributed by atoms with Crippen molar-refractivity contribution >= 4 is 11.7 Å². The van der Waals surface area contributed by atoms with Gasteiger partial charge in [-0.1, -0.05) is 30.3 Å². The zero-order valence-electron chi connectivity index (χ0n) is 17.1. The molecule has 7 nitrogen and oxygen atoms in total. The Kier molecular flexibility index (Phi) is 5.20. The van der Waals surface area contributed by atoms with E-state index >= 15 is 0 Å². The smallest absolute Gasteiger partial charge is 0.343 e. The molecule has 0 aliphatic carbocycles. The lowest BCUT2D eigenvalue weighted by Crippen LogP contribution is -2.46. The van der Waals surface area contributed by atoms with Crippen LogP contribution in [0.4, 0.5) is 5.69 Å². The third kappa shape index (κ3) is 4.27. The van der Waals surface area contributed by atoms with Gasteiger partial charge in [0.15, 0.2) is 0 Å². The molecule has 1 atom stereocenters. The number of rotatable bonds is 4. The summed E-state index contributed by atoms with van der Waals surface area (Å²) in [4.78, 5) is 23.1. The van der Waals surface area contributed by atoms with Crippen LogP contribution in [0.25, 0.3) is 11.1 Å². The number of fused-ring (bicyclic) bond motifs is 1. The molecule has 1 unspecified atom stereocenters. The molecule has 0 bridgehead atoms. The summed E-state index contributed by atoms with van der Waals surface area (Å²) in [5.41, 5.74) is 1.93. The van der Waals surface area contributed by atoms with Crippen molar-refractivity contribution in [3.63, 3.8) is 0 Å². The molecule has 158 valence electrons. The van der Waals surface area contributed by atoms with E-state index in [4.69, 9.17) is 9.47 Å². The standard InChI is InChI=1S/C24H21NO6/c1-24(2)22(26)13-18-10-11-20(14-21(18)31-24)30-23(27)16-8-6-15(7-9-16)17-4-3-5-19(12-17)25(28)29/h3-12,14,22,26H,13H2,1-2H3. The minimum absolute atomic E-state index is 0.00584. The van der Waals surface area contributed by atoms with Crippen molar-refractivity contribution in [1.29, 1.82) is 0 Å². The summed E-state index contributed by atoms with van der Waals surface area (Å²) in [5, 5.41) is 21.1. The summed E-state index contributed by atoms with van der Waals surface area (Å²) in [6.45, 7) is 3.62. The van der Waals surface area contributed by atoms with E-state index in [2.05, 4.69) is 0 Å². The van der Waals surface area contributed by atoms with Crippen LogP contribution in [0, 0.1) is 10.1 Å². The van der Waals surface area contributed by atoms with Crippen LogP contribution in [0.2, 0.25) is 0 Å². The summed E-state index contributed by atoms with van der Waals surface area (Å²) >= 11 is 0.